The van der Waals surface area contributed by atoms with E-state index in [1.165, 1.54) is 5.56 Å². The molecule has 1 aliphatic rings. The zero-order valence-corrected chi connectivity index (χ0v) is 19.8. The van der Waals surface area contributed by atoms with E-state index in [1.807, 2.05) is 6.08 Å². The zero-order valence-electron chi connectivity index (χ0n) is 19.0. The molecule has 1 aliphatic carbocycles. The Bertz CT molecular complexity index is 823. The number of benzene rings is 1. The molecular weight excluding hydrogens is 380 g/mol. The van der Waals surface area contributed by atoms with Gasteiger partial charge in [-0.05, 0) is 60.1 Å². The predicted octanol–water partition coefficient (Wildman–Crippen LogP) is 6.46. The molecule has 0 heterocycles. The molecule has 0 bridgehead atoms. The van der Waals surface area contributed by atoms with Crippen LogP contribution in [0.3, 0.4) is 0 Å². The van der Waals surface area contributed by atoms with Crippen molar-refractivity contribution in [3.05, 3.63) is 41.5 Å². The van der Waals surface area contributed by atoms with E-state index < -0.39 is 10.0 Å². The number of nitrogens with zero attached hydrogens (tertiary/aromatic N) is 1. The fourth-order valence-electron chi connectivity index (χ4n) is 4.03. The molecule has 1 saturated carbocycles. The largest absolute Gasteiger partial charge is 0.277 e. The molecule has 1 N–H and O–H groups in total. The van der Waals surface area contributed by atoms with Crippen molar-refractivity contribution in [2.75, 3.05) is 0 Å². The number of rotatable bonds is 8. The van der Waals surface area contributed by atoms with Crippen LogP contribution in [0.4, 0.5) is 0 Å². The highest BCUT2D eigenvalue weighted by atomic mass is 32.2. The van der Waals surface area contributed by atoms with Crippen LogP contribution in [0.15, 0.2) is 34.8 Å². The number of hydrazone groups is 1. The maximum absolute atomic E-state index is 13.4. The van der Waals surface area contributed by atoms with Crippen molar-refractivity contribution in [3.8, 4) is 0 Å². The smallest absolute Gasteiger partial charge is 0.200 e. The zero-order chi connectivity index (χ0) is 21.8. The van der Waals surface area contributed by atoms with E-state index in [9.17, 15) is 8.42 Å². The monoisotopic (exact) mass is 418 g/mol. The minimum Gasteiger partial charge on any atom is -0.200 e. The van der Waals surface area contributed by atoms with E-state index in [0.29, 0.717) is 16.7 Å². The lowest BCUT2D eigenvalue weighted by Crippen LogP contribution is -2.27. The van der Waals surface area contributed by atoms with Crippen molar-refractivity contribution in [2.24, 2.45) is 11.0 Å². The van der Waals surface area contributed by atoms with E-state index in [1.54, 1.807) is 0 Å². The van der Waals surface area contributed by atoms with Gasteiger partial charge in [0.2, 0.25) is 0 Å². The number of hydrogen-bond acceptors (Lipinski definition) is 3. The van der Waals surface area contributed by atoms with Gasteiger partial charge in [-0.15, -0.1) is 6.58 Å². The summed E-state index contributed by atoms with van der Waals surface area (Å²) in [4.78, 5) is 3.01. The molecule has 0 amide bonds. The Balaban J connectivity index is 2.52. The molecule has 4 nitrogen and oxygen atoms in total. The first-order chi connectivity index (χ1) is 13.6. The normalized spacial score (nSPS) is 19.3. The summed E-state index contributed by atoms with van der Waals surface area (Å²) in [6, 6.07) is 4.12. The Hall–Kier alpha value is -1.62. The van der Waals surface area contributed by atoms with Crippen LogP contribution in [0, 0.1) is 5.92 Å². The van der Waals surface area contributed by atoms with Crippen LogP contribution in [0.25, 0.3) is 0 Å². The average molecular weight is 419 g/mol. The lowest BCUT2D eigenvalue weighted by molar-refractivity contribution is 0.525. The summed E-state index contributed by atoms with van der Waals surface area (Å²) in [5.41, 5.74) is 3.88. The molecule has 0 radical (unpaired) electrons. The summed E-state index contributed by atoms with van der Waals surface area (Å²) in [6.07, 6.45) is 6.86. The van der Waals surface area contributed by atoms with Crippen molar-refractivity contribution < 1.29 is 8.42 Å². The van der Waals surface area contributed by atoms with Gasteiger partial charge in [0.15, 0.2) is 0 Å². The molecule has 0 saturated heterocycles. The lowest BCUT2D eigenvalue weighted by Gasteiger charge is -2.24. The van der Waals surface area contributed by atoms with Gasteiger partial charge in [-0.2, -0.15) is 13.5 Å². The maximum atomic E-state index is 13.4. The first-order valence-electron chi connectivity index (χ1n) is 10.9. The highest BCUT2D eigenvalue weighted by Crippen LogP contribution is 2.35. The molecule has 1 atom stereocenters. The van der Waals surface area contributed by atoms with Gasteiger partial charge >= 0.3 is 0 Å². The van der Waals surface area contributed by atoms with Gasteiger partial charge in [-0.1, -0.05) is 66.2 Å². The number of nitrogens with one attached hydrogen (secondary N) is 1. The van der Waals surface area contributed by atoms with Crippen molar-refractivity contribution in [3.63, 3.8) is 0 Å². The quantitative estimate of drug-likeness (QED) is 0.389. The third kappa shape index (κ3) is 5.71. The Morgan fingerprint density at radius 3 is 2.14 bits per heavy atom. The maximum Gasteiger partial charge on any atom is 0.277 e. The Kier molecular flexibility index (Phi) is 8.10. The van der Waals surface area contributed by atoms with Crippen LogP contribution in [0.2, 0.25) is 0 Å². The Labute approximate surface area is 177 Å². The van der Waals surface area contributed by atoms with Crippen LogP contribution < -0.4 is 4.83 Å². The molecule has 1 unspecified atom stereocenters. The van der Waals surface area contributed by atoms with Crippen molar-refractivity contribution >= 4 is 15.7 Å². The topological polar surface area (TPSA) is 58.5 Å². The van der Waals surface area contributed by atoms with Crippen LogP contribution in [0.1, 0.15) is 108 Å². The highest BCUT2D eigenvalue weighted by molar-refractivity contribution is 7.89. The second-order valence-corrected chi connectivity index (χ2v) is 10.8. The summed E-state index contributed by atoms with van der Waals surface area (Å²) in [5.74, 6) is 0.848. The van der Waals surface area contributed by atoms with Gasteiger partial charge in [0.25, 0.3) is 10.0 Å². The van der Waals surface area contributed by atoms with Crippen LogP contribution in [-0.4, -0.2) is 14.1 Å². The van der Waals surface area contributed by atoms with Crippen molar-refractivity contribution in [1.29, 1.82) is 0 Å². The fraction of sp³-hybridized carbons (Fsp3) is 0.625. The first kappa shape index (κ1) is 23.7. The van der Waals surface area contributed by atoms with Gasteiger partial charge in [0.05, 0.1) is 4.90 Å². The molecule has 29 heavy (non-hydrogen) atoms. The molecule has 0 aromatic heterocycles. The van der Waals surface area contributed by atoms with E-state index in [4.69, 9.17) is 0 Å². The molecule has 1 aromatic rings. The van der Waals surface area contributed by atoms with E-state index in [0.717, 1.165) is 48.9 Å². The molecule has 2 rings (SSSR count). The predicted molar refractivity (Wildman–Crippen MR) is 123 cm³/mol. The molecule has 1 fully saturated rings. The standard InChI is InChI=1S/C24H38N2O2S/c1-8-11-19-12-9-10-13-23(19)25-26-29(27,28)24-21(17(4)5)14-20(16(2)3)15-22(24)18(6)7/h8,14-19,26H,1,9-13H2,2-7H3. The van der Waals surface area contributed by atoms with Crippen molar-refractivity contribution in [2.45, 2.75) is 96.3 Å². The number of allylic oxidation sites excluding steroid dienone is 1. The van der Waals surface area contributed by atoms with Gasteiger partial charge in [0, 0.05) is 11.6 Å². The van der Waals surface area contributed by atoms with Crippen LogP contribution in [-0.2, 0) is 10.0 Å². The SMILES string of the molecule is C=CCC1CCCCC1=NNS(=O)(=O)c1c(C(C)C)cc(C(C)C)cc1C(C)C. The molecule has 0 aliphatic heterocycles. The van der Waals surface area contributed by atoms with Gasteiger partial charge < -0.3 is 0 Å². The average Bonchev–Trinajstić information content (AvgIpc) is 2.66. The summed E-state index contributed by atoms with van der Waals surface area (Å²) < 4.78 is 26.9. The number of hydrogen-bond donors (Lipinski definition) is 1. The second kappa shape index (κ2) is 9.92. The summed E-state index contributed by atoms with van der Waals surface area (Å²) in [7, 11) is -3.76. The fourth-order valence-corrected chi connectivity index (χ4v) is 5.57. The molecule has 5 heteroatoms. The third-order valence-electron chi connectivity index (χ3n) is 5.82. The summed E-state index contributed by atoms with van der Waals surface area (Å²) in [5, 5.41) is 4.42. The second-order valence-electron chi connectivity index (χ2n) is 9.16. The third-order valence-corrected chi connectivity index (χ3v) is 7.16. The van der Waals surface area contributed by atoms with Crippen molar-refractivity contribution in [1.82, 2.24) is 4.83 Å². The van der Waals surface area contributed by atoms with Crippen LogP contribution >= 0.6 is 0 Å². The molecule has 162 valence electrons. The Morgan fingerprint density at radius 1 is 1.07 bits per heavy atom. The van der Waals surface area contributed by atoms with Crippen LogP contribution in [0.5, 0.6) is 0 Å². The first-order valence-corrected chi connectivity index (χ1v) is 12.4. The molecular formula is C24H38N2O2S. The molecule has 0 spiro atoms. The lowest BCUT2D eigenvalue weighted by atomic mass is 9.85. The Morgan fingerprint density at radius 2 is 1.66 bits per heavy atom. The van der Waals surface area contributed by atoms with E-state index >= 15 is 0 Å². The highest BCUT2D eigenvalue weighted by Gasteiger charge is 2.27. The minimum atomic E-state index is -3.76. The van der Waals surface area contributed by atoms with E-state index in [-0.39, 0.29) is 11.8 Å². The molecule has 1 aromatic carbocycles. The van der Waals surface area contributed by atoms with Gasteiger partial charge in [-0.25, -0.2) is 4.83 Å². The number of sulfonamides is 1. The summed E-state index contributed by atoms with van der Waals surface area (Å²) in [6.45, 7) is 16.3. The minimum absolute atomic E-state index is 0.105. The van der Waals surface area contributed by atoms with Gasteiger partial charge in [-0.3, -0.25) is 0 Å². The van der Waals surface area contributed by atoms with Gasteiger partial charge in [0.1, 0.15) is 0 Å². The van der Waals surface area contributed by atoms with E-state index in [2.05, 4.69) is 70.2 Å². The summed E-state index contributed by atoms with van der Waals surface area (Å²) >= 11 is 0.